The molecule has 1 unspecified atom stereocenters. The van der Waals surface area contributed by atoms with Gasteiger partial charge in [-0.25, -0.2) is 0 Å². The Morgan fingerprint density at radius 1 is 1.07 bits per heavy atom. The van der Waals surface area contributed by atoms with Gasteiger partial charge in [-0.2, -0.15) is 0 Å². The second kappa shape index (κ2) is 10.3. The van der Waals surface area contributed by atoms with Gasteiger partial charge in [0, 0.05) is 46.3 Å². The van der Waals surface area contributed by atoms with E-state index in [1.54, 1.807) is 0 Å². The number of ether oxygens (including phenoxy) is 1. The predicted octanol–water partition coefficient (Wildman–Crippen LogP) is 1.27. The molecule has 0 aromatic heterocycles. The molecular formula is C21H33N5O2. The topological polar surface area (TPSA) is 60.4 Å². The van der Waals surface area contributed by atoms with Crippen LogP contribution in [0.25, 0.3) is 0 Å². The lowest BCUT2D eigenvalue weighted by molar-refractivity contribution is -0.131. The molecule has 0 radical (unpaired) electrons. The molecule has 2 saturated heterocycles. The zero-order chi connectivity index (χ0) is 19.8. The van der Waals surface area contributed by atoms with Crippen LogP contribution < -0.4 is 10.1 Å². The lowest BCUT2D eigenvalue weighted by atomic mass is 10.3. The number of carbonyl (C=O) groups is 1. The smallest absolute Gasteiger partial charge is 0.236 e. The third-order valence-corrected chi connectivity index (χ3v) is 5.33. The highest BCUT2D eigenvalue weighted by atomic mass is 16.5. The van der Waals surface area contributed by atoms with Crippen molar-refractivity contribution >= 4 is 11.9 Å². The van der Waals surface area contributed by atoms with Crippen molar-refractivity contribution in [1.29, 1.82) is 0 Å². The maximum atomic E-state index is 12.3. The number of amides is 1. The van der Waals surface area contributed by atoms with Gasteiger partial charge in [-0.15, -0.1) is 0 Å². The molecule has 2 aliphatic rings. The molecule has 2 heterocycles. The van der Waals surface area contributed by atoms with Gasteiger partial charge in [-0.3, -0.25) is 14.7 Å². The number of carbonyl (C=O) groups excluding carboxylic acids is 1. The number of likely N-dealkylation sites (tertiary alicyclic amines) is 1. The molecule has 154 valence electrons. The van der Waals surface area contributed by atoms with Gasteiger partial charge in [0.1, 0.15) is 11.9 Å². The summed E-state index contributed by atoms with van der Waals surface area (Å²) in [5.74, 6) is 2.05. The van der Waals surface area contributed by atoms with E-state index in [-0.39, 0.29) is 12.0 Å². The van der Waals surface area contributed by atoms with Gasteiger partial charge in [0.15, 0.2) is 5.96 Å². The van der Waals surface area contributed by atoms with E-state index >= 15 is 0 Å². The van der Waals surface area contributed by atoms with Gasteiger partial charge >= 0.3 is 0 Å². The maximum absolute atomic E-state index is 12.3. The molecule has 28 heavy (non-hydrogen) atoms. The van der Waals surface area contributed by atoms with E-state index in [1.807, 2.05) is 42.3 Å². The Bertz CT molecular complexity index is 637. The zero-order valence-electron chi connectivity index (χ0n) is 17.1. The number of benzene rings is 1. The summed E-state index contributed by atoms with van der Waals surface area (Å²) in [6.45, 7) is 8.66. The highest BCUT2D eigenvalue weighted by Crippen LogP contribution is 2.11. The summed E-state index contributed by atoms with van der Waals surface area (Å²) in [5, 5.41) is 3.42. The van der Waals surface area contributed by atoms with Gasteiger partial charge in [0.25, 0.3) is 0 Å². The average Bonchev–Trinajstić information content (AvgIpc) is 3.25. The number of rotatable bonds is 6. The number of hydrogen-bond donors (Lipinski definition) is 1. The molecule has 1 aromatic carbocycles. The van der Waals surface area contributed by atoms with Crippen molar-refractivity contribution in [3.63, 3.8) is 0 Å². The van der Waals surface area contributed by atoms with Gasteiger partial charge in [-0.1, -0.05) is 18.2 Å². The molecule has 0 bridgehead atoms. The Morgan fingerprint density at radius 2 is 1.75 bits per heavy atom. The highest BCUT2D eigenvalue weighted by Gasteiger charge is 2.24. The first-order valence-corrected chi connectivity index (χ1v) is 10.3. The summed E-state index contributed by atoms with van der Waals surface area (Å²) < 4.78 is 5.92. The van der Waals surface area contributed by atoms with E-state index in [1.165, 1.54) is 0 Å². The minimum atomic E-state index is 0.0403. The first-order valence-electron chi connectivity index (χ1n) is 10.3. The van der Waals surface area contributed by atoms with Crippen molar-refractivity contribution in [2.24, 2.45) is 4.99 Å². The van der Waals surface area contributed by atoms with Gasteiger partial charge in [-0.05, 0) is 31.9 Å². The summed E-state index contributed by atoms with van der Waals surface area (Å²) in [6.07, 6.45) is 2.33. The normalized spacial score (nSPS) is 19.6. The second-order valence-electron chi connectivity index (χ2n) is 7.52. The van der Waals surface area contributed by atoms with E-state index in [0.29, 0.717) is 13.1 Å². The summed E-state index contributed by atoms with van der Waals surface area (Å²) in [7, 11) is 1.81. The van der Waals surface area contributed by atoms with Crippen LogP contribution in [0.1, 0.15) is 19.8 Å². The molecule has 1 N–H and O–H groups in total. The van der Waals surface area contributed by atoms with E-state index in [9.17, 15) is 4.79 Å². The monoisotopic (exact) mass is 387 g/mol. The minimum absolute atomic E-state index is 0.0403. The van der Waals surface area contributed by atoms with E-state index in [2.05, 4.69) is 27.0 Å². The van der Waals surface area contributed by atoms with Crippen LogP contribution in [0.3, 0.4) is 0 Å². The third kappa shape index (κ3) is 5.86. The fourth-order valence-corrected chi connectivity index (χ4v) is 3.72. The largest absolute Gasteiger partial charge is 0.489 e. The highest BCUT2D eigenvalue weighted by molar-refractivity contribution is 5.80. The maximum Gasteiger partial charge on any atom is 0.236 e. The number of para-hydroxylation sites is 1. The number of nitrogens with zero attached hydrogens (tertiary/aromatic N) is 4. The van der Waals surface area contributed by atoms with Crippen LogP contribution in [-0.4, -0.2) is 92.1 Å². The summed E-state index contributed by atoms with van der Waals surface area (Å²) in [5.41, 5.74) is 0. The van der Waals surface area contributed by atoms with Crippen LogP contribution in [0.4, 0.5) is 0 Å². The molecule has 1 amide bonds. The first kappa shape index (κ1) is 20.5. The van der Waals surface area contributed by atoms with Crippen molar-refractivity contribution in [3.05, 3.63) is 30.3 Å². The number of aliphatic imine (C=N–C) groups is 1. The molecule has 7 heteroatoms. The van der Waals surface area contributed by atoms with Gasteiger partial charge in [0.05, 0.1) is 13.1 Å². The minimum Gasteiger partial charge on any atom is -0.489 e. The Balaban J connectivity index is 1.39. The standard InChI is InChI=1S/C21H33N5O2/c1-18(28-19-8-4-3-5-9-19)16-23-21(22-2)26-14-12-24(13-15-26)17-20(27)25-10-6-7-11-25/h3-5,8-9,18H,6-7,10-17H2,1-2H3,(H,22,23). The quantitative estimate of drug-likeness (QED) is 0.588. The summed E-state index contributed by atoms with van der Waals surface area (Å²) in [6, 6.07) is 9.86. The molecule has 1 aromatic rings. The van der Waals surface area contributed by atoms with Gasteiger partial charge in [0.2, 0.25) is 5.91 Å². The van der Waals surface area contributed by atoms with Crippen LogP contribution in [0.5, 0.6) is 5.75 Å². The Hall–Kier alpha value is -2.28. The molecule has 0 aliphatic carbocycles. The van der Waals surface area contributed by atoms with E-state index in [4.69, 9.17) is 4.74 Å². The first-order chi connectivity index (χ1) is 13.7. The van der Waals surface area contributed by atoms with E-state index < -0.39 is 0 Å². The summed E-state index contributed by atoms with van der Waals surface area (Å²) >= 11 is 0. The molecular weight excluding hydrogens is 354 g/mol. The fourth-order valence-electron chi connectivity index (χ4n) is 3.72. The van der Waals surface area contributed by atoms with Crippen LogP contribution in [0.2, 0.25) is 0 Å². The number of hydrogen-bond acceptors (Lipinski definition) is 4. The van der Waals surface area contributed by atoms with Crippen molar-refractivity contribution in [2.75, 3.05) is 59.4 Å². The van der Waals surface area contributed by atoms with Crippen LogP contribution in [0.15, 0.2) is 35.3 Å². The Labute approximate surface area is 168 Å². The van der Waals surface area contributed by atoms with Crippen molar-refractivity contribution < 1.29 is 9.53 Å². The van der Waals surface area contributed by atoms with Crippen molar-refractivity contribution in [1.82, 2.24) is 20.0 Å². The number of nitrogens with one attached hydrogen (secondary N) is 1. The Morgan fingerprint density at radius 3 is 2.39 bits per heavy atom. The summed E-state index contributed by atoms with van der Waals surface area (Å²) in [4.78, 5) is 23.3. The predicted molar refractivity (Wildman–Crippen MR) is 112 cm³/mol. The van der Waals surface area contributed by atoms with Crippen molar-refractivity contribution in [3.8, 4) is 5.75 Å². The molecule has 2 fully saturated rings. The molecule has 3 rings (SSSR count). The lowest BCUT2D eigenvalue weighted by Crippen LogP contribution is -2.54. The second-order valence-corrected chi connectivity index (χ2v) is 7.52. The van der Waals surface area contributed by atoms with Crippen LogP contribution in [-0.2, 0) is 4.79 Å². The fraction of sp³-hybridized carbons (Fsp3) is 0.619. The molecule has 1 atom stereocenters. The lowest BCUT2D eigenvalue weighted by Gasteiger charge is -2.36. The van der Waals surface area contributed by atoms with Gasteiger partial charge < -0.3 is 19.9 Å². The molecule has 0 spiro atoms. The van der Waals surface area contributed by atoms with E-state index in [0.717, 1.165) is 63.8 Å². The molecule has 2 aliphatic heterocycles. The zero-order valence-corrected chi connectivity index (χ0v) is 17.1. The van der Waals surface area contributed by atoms with Crippen molar-refractivity contribution in [2.45, 2.75) is 25.9 Å². The van der Waals surface area contributed by atoms with Crippen LogP contribution >= 0.6 is 0 Å². The number of guanidine groups is 1. The average molecular weight is 388 g/mol. The molecule has 7 nitrogen and oxygen atoms in total. The number of piperazine rings is 1. The van der Waals surface area contributed by atoms with Crippen LogP contribution in [0, 0.1) is 0 Å². The molecule has 0 saturated carbocycles. The Kier molecular flexibility index (Phi) is 7.54. The SMILES string of the molecule is CN=C(NCC(C)Oc1ccccc1)N1CCN(CC(=O)N2CCCC2)CC1. The third-order valence-electron chi connectivity index (χ3n) is 5.33.